The number of thiophene rings is 1. The molecule has 0 aliphatic rings. The van der Waals surface area contributed by atoms with E-state index in [-0.39, 0.29) is 11.9 Å². The Bertz CT molecular complexity index is 384. The van der Waals surface area contributed by atoms with Crippen LogP contribution >= 0.6 is 38.9 Å². The molecule has 0 spiro atoms. The Morgan fingerprint density at radius 1 is 1.50 bits per heavy atom. The van der Waals surface area contributed by atoms with E-state index in [9.17, 15) is 4.79 Å². The summed E-state index contributed by atoms with van der Waals surface area (Å²) in [5.74, 6) is 0.531. The summed E-state index contributed by atoms with van der Waals surface area (Å²) in [6.07, 6.45) is 0. The fourth-order valence-electron chi connectivity index (χ4n) is 1.48. The van der Waals surface area contributed by atoms with Crippen LogP contribution in [0.25, 0.3) is 0 Å². The molecule has 0 saturated carbocycles. The number of rotatable bonds is 7. The van der Waals surface area contributed by atoms with Crippen LogP contribution in [-0.4, -0.2) is 42.5 Å². The number of ether oxygens (including phenoxy) is 1. The minimum absolute atomic E-state index is 0.0511. The number of nitrogens with zero attached hydrogens (tertiary/aromatic N) is 1. The van der Waals surface area contributed by atoms with Crippen LogP contribution in [0.5, 0.6) is 0 Å². The van der Waals surface area contributed by atoms with Crippen LogP contribution in [0.3, 0.4) is 0 Å². The van der Waals surface area contributed by atoms with Crippen molar-refractivity contribution in [3.63, 3.8) is 0 Å². The summed E-state index contributed by atoms with van der Waals surface area (Å²) < 4.78 is 6.29. The molecular formula is C12H17BrClNO2S. The maximum absolute atomic E-state index is 12.3. The molecule has 1 aromatic rings. The standard InChI is InChI=1S/C12H17BrClNO2S/c1-9(2)15(6-8-17-7-5-14)12(16)10-3-4-11(13)18-10/h3-4,9H,5-8H2,1-2H3. The first-order chi connectivity index (χ1) is 8.56. The highest BCUT2D eigenvalue weighted by atomic mass is 79.9. The largest absolute Gasteiger partial charge is 0.378 e. The predicted molar refractivity (Wildman–Crippen MR) is 79.7 cm³/mol. The molecule has 0 saturated heterocycles. The van der Waals surface area contributed by atoms with E-state index < -0.39 is 0 Å². The Hall–Kier alpha value is -0.100. The minimum atomic E-state index is 0.0511. The Morgan fingerprint density at radius 3 is 2.72 bits per heavy atom. The lowest BCUT2D eigenvalue weighted by Gasteiger charge is -2.26. The lowest BCUT2D eigenvalue weighted by Crippen LogP contribution is -2.39. The third-order valence-corrected chi connectivity index (χ3v) is 4.13. The first-order valence-electron chi connectivity index (χ1n) is 5.76. The van der Waals surface area contributed by atoms with Gasteiger partial charge >= 0.3 is 0 Å². The molecule has 0 unspecified atom stereocenters. The van der Waals surface area contributed by atoms with Gasteiger partial charge in [0.2, 0.25) is 0 Å². The summed E-state index contributed by atoms with van der Waals surface area (Å²) in [5.41, 5.74) is 0. The fourth-order valence-corrected chi connectivity index (χ4v) is 2.94. The van der Waals surface area contributed by atoms with Crippen LogP contribution in [0.4, 0.5) is 0 Å². The molecule has 0 bridgehead atoms. The number of alkyl halides is 1. The van der Waals surface area contributed by atoms with Crippen molar-refractivity contribution in [2.75, 3.05) is 25.6 Å². The smallest absolute Gasteiger partial charge is 0.264 e. The summed E-state index contributed by atoms with van der Waals surface area (Å²) in [6, 6.07) is 3.88. The molecule has 0 atom stereocenters. The van der Waals surface area contributed by atoms with E-state index in [1.807, 2.05) is 30.9 Å². The van der Waals surface area contributed by atoms with Gasteiger partial charge in [0.05, 0.1) is 21.9 Å². The van der Waals surface area contributed by atoms with Crippen molar-refractivity contribution in [1.82, 2.24) is 4.90 Å². The molecule has 18 heavy (non-hydrogen) atoms. The fraction of sp³-hybridized carbons (Fsp3) is 0.583. The summed E-state index contributed by atoms with van der Waals surface area (Å²) in [7, 11) is 0. The monoisotopic (exact) mass is 353 g/mol. The molecule has 0 aliphatic carbocycles. The zero-order valence-corrected chi connectivity index (χ0v) is 13.6. The van der Waals surface area contributed by atoms with Crippen molar-refractivity contribution in [2.45, 2.75) is 19.9 Å². The van der Waals surface area contributed by atoms with E-state index in [1.54, 1.807) is 0 Å². The van der Waals surface area contributed by atoms with Gasteiger partial charge in [-0.3, -0.25) is 4.79 Å². The Balaban J connectivity index is 2.58. The summed E-state index contributed by atoms with van der Waals surface area (Å²) >= 11 is 10.3. The van der Waals surface area contributed by atoms with Crippen LogP contribution in [0.2, 0.25) is 0 Å². The topological polar surface area (TPSA) is 29.5 Å². The van der Waals surface area contributed by atoms with E-state index in [4.69, 9.17) is 16.3 Å². The maximum atomic E-state index is 12.3. The average molecular weight is 355 g/mol. The molecule has 0 fully saturated rings. The highest BCUT2D eigenvalue weighted by Crippen LogP contribution is 2.23. The second-order valence-corrected chi connectivity index (χ2v) is 6.84. The SMILES string of the molecule is CC(C)N(CCOCCCl)C(=O)c1ccc(Br)s1. The van der Waals surface area contributed by atoms with Crippen LogP contribution in [0.1, 0.15) is 23.5 Å². The summed E-state index contributed by atoms with van der Waals surface area (Å²) in [4.78, 5) is 14.9. The molecule has 6 heteroatoms. The third kappa shape index (κ3) is 4.88. The number of carbonyl (C=O) groups is 1. The van der Waals surface area contributed by atoms with Gasteiger partial charge in [-0.05, 0) is 41.9 Å². The lowest BCUT2D eigenvalue weighted by molar-refractivity contribution is 0.0600. The number of amides is 1. The van der Waals surface area contributed by atoms with Crippen molar-refractivity contribution < 1.29 is 9.53 Å². The van der Waals surface area contributed by atoms with Gasteiger partial charge in [0.1, 0.15) is 0 Å². The molecule has 1 amide bonds. The number of hydrogen-bond donors (Lipinski definition) is 0. The molecule has 3 nitrogen and oxygen atoms in total. The van der Waals surface area contributed by atoms with Crippen molar-refractivity contribution in [3.8, 4) is 0 Å². The molecule has 1 rings (SSSR count). The first-order valence-corrected chi connectivity index (χ1v) is 7.90. The van der Waals surface area contributed by atoms with Gasteiger partial charge < -0.3 is 9.64 Å². The zero-order chi connectivity index (χ0) is 13.5. The second kappa shape index (κ2) is 8.15. The quantitative estimate of drug-likeness (QED) is 0.553. The van der Waals surface area contributed by atoms with E-state index >= 15 is 0 Å². The van der Waals surface area contributed by atoms with Crippen LogP contribution in [0.15, 0.2) is 15.9 Å². The Morgan fingerprint density at radius 2 is 2.22 bits per heavy atom. The lowest BCUT2D eigenvalue weighted by atomic mass is 10.3. The normalized spacial score (nSPS) is 10.9. The molecule has 1 heterocycles. The van der Waals surface area contributed by atoms with Gasteiger partial charge in [-0.2, -0.15) is 0 Å². The molecular weight excluding hydrogens is 338 g/mol. The average Bonchev–Trinajstić information content (AvgIpc) is 2.75. The highest BCUT2D eigenvalue weighted by Gasteiger charge is 2.19. The van der Waals surface area contributed by atoms with E-state index in [0.29, 0.717) is 25.6 Å². The second-order valence-electron chi connectivity index (χ2n) is 4.00. The van der Waals surface area contributed by atoms with E-state index in [1.165, 1.54) is 11.3 Å². The molecule has 102 valence electrons. The van der Waals surface area contributed by atoms with Crippen molar-refractivity contribution in [3.05, 3.63) is 20.8 Å². The number of carbonyl (C=O) groups excluding carboxylic acids is 1. The number of hydrogen-bond acceptors (Lipinski definition) is 3. The van der Waals surface area contributed by atoms with Gasteiger partial charge in [0.15, 0.2) is 0 Å². The van der Waals surface area contributed by atoms with E-state index in [2.05, 4.69) is 15.9 Å². The van der Waals surface area contributed by atoms with E-state index in [0.717, 1.165) is 8.66 Å². The molecule has 0 radical (unpaired) electrons. The summed E-state index contributed by atoms with van der Waals surface area (Å²) in [5, 5.41) is 0. The van der Waals surface area contributed by atoms with Crippen LogP contribution in [-0.2, 0) is 4.74 Å². The Labute approximate surface area is 125 Å². The van der Waals surface area contributed by atoms with Gasteiger partial charge in [-0.25, -0.2) is 0 Å². The number of halogens is 2. The van der Waals surface area contributed by atoms with Gasteiger partial charge in [-0.1, -0.05) is 0 Å². The van der Waals surface area contributed by atoms with Crippen LogP contribution in [0, 0.1) is 0 Å². The molecule has 1 aromatic heterocycles. The zero-order valence-electron chi connectivity index (χ0n) is 10.5. The third-order valence-electron chi connectivity index (χ3n) is 2.37. The minimum Gasteiger partial charge on any atom is -0.378 e. The maximum Gasteiger partial charge on any atom is 0.264 e. The van der Waals surface area contributed by atoms with Gasteiger partial charge in [0, 0.05) is 18.5 Å². The van der Waals surface area contributed by atoms with Crippen molar-refractivity contribution in [2.24, 2.45) is 0 Å². The van der Waals surface area contributed by atoms with Gasteiger partial charge in [0.25, 0.3) is 5.91 Å². The Kier molecular flexibility index (Phi) is 7.22. The van der Waals surface area contributed by atoms with Gasteiger partial charge in [-0.15, -0.1) is 22.9 Å². The summed E-state index contributed by atoms with van der Waals surface area (Å²) in [6.45, 7) is 5.63. The first kappa shape index (κ1) is 16.0. The predicted octanol–water partition coefficient (Wildman–Crippen LogP) is 3.62. The van der Waals surface area contributed by atoms with Crippen molar-refractivity contribution >= 4 is 44.8 Å². The molecule has 0 aliphatic heterocycles. The van der Waals surface area contributed by atoms with Crippen molar-refractivity contribution in [1.29, 1.82) is 0 Å². The highest BCUT2D eigenvalue weighted by molar-refractivity contribution is 9.11. The molecule has 0 aromatic carbocycles. The molecule has 0 N–H and O–H groups in total. The van der Waals surface area contributed by atoms with Crippen LogP contribution < -0.4 is 0 Å².